The predicted octanol–water partition coefficient (Wildman–Crippen LogP) is 1.51. The maximum atomic E-state index is 12.0. The summed E-state index contributed by atoms with van der Waals surface area (Å²) in [6, 6.07) is 8.19. The van der Waals surface area contributed by atoms with Crippen LogP contribution < -0.4 is 5.32 Å². The summed E-state index contributed by atoms with van der Waals surface area (Å²) in [5, 5.41) is 11.8. The largest absolute Gasteiger partial charge is 0.480 e. The number of imide groups is 1. The third-order valence-electron chi connectivity index (χ3n) is 4.36. The third kappa shape index (κ3) is 5.98. The van der Waals surface area contributed by atoms with E-state index in [0.29, 0.717) is 38.6 Å². The maximum absolute atomic E-state index is 12.0. The lowest BCUT2D eigenvalue weighted by atomic mass is 10.1. The second-order valence-corrected chi connectivity index (χ2v) is 6.40. The van der Waals surface area contributed by atoms with E-state index in [1.165, 1.54) is 4.90 Å². The minimum Gasteiger partial charge on any atom is -0.480 e. The SMILES string of the molecule is O=C(CCCCCN1C(=O)CCC1=O)N[C@H](Cc1ccccc1)C(=O)O. The molecule has 1 aliphatic rings. The van der Waals surface area contributed by atoms with Crippen LogP contribution >= 0.6 is 0 Å². The Morgan fingerprint density at radius 2 is 1.69 bits per heavy atom. The van der Waals surface area contributed by atoms with Gasteiger partial charge in [-0.1, -0.05) is 36.8 Å². The maximum Gasteiger partial charge on any atom is 0.326 e. The van der Waals surface area contributed by atoms with E-state index in [1.54, 1.807) is 0 Å². The van der Waals surface area contributed by atoms with E-state index in [-0.39, 0.29) is 30.6 Å². The quantitative estimate of drug-likeness (QED) is 0.486. The van der Waals surface area contributed by atoms with Gasteiger partial charge in [0.1, 0.15) is 6.04 Å². The fourth-order valence-electron chi connectivity index (χ4n) is 2.92. The van der Waals surface area contributed by atoms with E-state index in [9.17, 15) is 24.3 Å². The Morgan fingerprint density at radius 3 is 2.31 bits per heavy atom. The van der Waals surface area contributed by atoms with E-state index >= 15 is 0 Å². The number of rotatable bonds is 10. The lowest BCUT2D eigenvalue weighted by molar-refractivity contribution is -0.141. The van der Waals surface area contributed by atoms with Crippen LogP contribution in [0.1, 0.15) is 44.1 Å². The van der Waals surface area contributed by atoms with Gasteiger partial charge in [0.25, 0.3) is 0 Å². The molecule has 2 N–H and O–H groups in total. The number of nitrogens with one attached hydrogen (secondary N) is 1. The van der Waals surface area contributed by atoms with Gasteiger partial charge in [0.2, 0.25) is 17.7 Å². The van der Waals surface area contributed by atoms with Crippen LogP contribution in [0.25, 0.3) is 0 Å². The van der Waals surface area contributed by atoms with Gasteiger partial charge in [-0.3, -0.25) is 19.3 Å². The normalized spacial score (nSPS) is 15.2. The van der Waals surface area contributed by atoms with Crippen molar-refractivity contribution in [3.63, 3.8) is 0 Å². The number of nitrogens with zero attached hydrogens (tertiary/aromatic N) is 1. The monoisotopic (exact) mass is 360 g/mol. The number of unbranched alkanes of at least 4 members (excludes halogenated alkanes) is 2. The van der Waals surface area contributed by atoms with Gasteiger partial charge in [0, 0.05) is 32.2 Å². The number of carbonyl (C=O) groups is 4. The zero-order valence-electron chi connectivity index (χ0n) is 14.6. The number of benzene rings is 1. The molecule has 7 heteroatoms. The molecule has 26 heavy (non-hydrogen) atoms. The molecule has 0 aliphatic carbocycles. The Bertz CT molecular complexity index is 643. The van der Waals surface area contributed by atoms with Crippen molar-refractivity contribution in [3.8, 4) is 0 Å². The number of aliphatic carboxylic acids is 1. The van der Waals surface area contributed by atoms with Gasteiger partial charge in [-0.2, -0.15) is 0 Å². The molecule has 3 amide bonds. The van der Waals surface area contributed by atoms with E-state index in [0.717, 1.165) is 5.56 Å². The van der Waals surface area contributed by atoms with Gasteiger partial charge in [-0.15, -0.1) is 0 Å². The molecule has 7 nitrogen and oxygen atoms in total. The Labute approximate surface area is 152 Å². The molecule has 0 aromatic heterocycles. The van der Waals surface area contributed by atoms with Crippen LogP contribution in [0.2, 0.25) is 0 Å². The molecular formula is C19H24N2O5. The fraction of sp³-hybridized carbons (Fsp3) is 0.474. The average Bonchev–Trinajstić information content (AvgIpc) is 2.93. The van der Waals surface area contributed by atoms with Crippen LogP contribution in [0.15, 0.2) is 30.3 Å². The molecule has 1 aromatic carbocycles. The van der Waals surface area contributed by atoms with Gasteiger partial charge in [-0.25, -0.2) is 4.79 Å². The van der Waals surface area contributed by atoms with Crippen LogP contribution in [0, 0.1) is 0 Å². The van der Waals surface area contributed by atoms with Crippen molar-refractivity contribution in [3.05, 3.63) is 35.9 Å². The molecular weight excluding hydrogens is 336 g/mol. The molecule has 0 unspecified atom stereocenters. The smallest absolute Gasteiger partial charge is 0.326 e. The van der Waals surface area contributed by atoms with E-state index in [2.05, 4.69) is 5.32 Å². The summed E-state index contributed by atoms with van der Waals surface area (Å²) in [6.07, 6.45) is 2.97. The third-order valence-corrected chi connectivity index (χ3v) is 4.36. The van der Waals surface area contributed by atoms with Crippen molar-refractivity contribution < 1.29 is 24.3 Å². The molecule has 1 fully saturated rings. The zero-order valence-corrected chi connectivity index (χ0v) is 14.6. The van der Waals surface area contributed by atoms with Crippen molar-refractivity contribution in [2.24, 2.45) is 0 Å². The standard InChI is InChI=1S/C19H24N2O5/c22-16(9-5-2-6-12-21-17(23)10-11-18(21)24)20-15(19(25)26)13-14-7-3-1-4-8-14/h1,3-4,7-8,15H,2,5-6,9-13H2,(H,20,22)(H,25,26)/t15-/m1/s1. The Balaban J connectivity index is 1.67. The number of carboxylic acids is 1. The molecule has 1 heterocycles. The second kappa shape index (κ2) is 9.70. The molecule has 1 saturated heterocycles. The molecule has 0 spiro atoms. The van der Waals surface area contributed by atoms with E-state index in [1.807, 2.05) is 30.3 Å². The zero-order chi connectivity index (χ0) is 18.9. The van der Waals surface area contributed by atoms with Crippen molar-refractivity contribution in [2.75, 3.05) is 6.54 Å². The van der Waals surface area contributed by atoms with Gasteiger partial charge < -0.3 is 10.4 Å². The summed E-state index contributed by atoms with van der Waals surface area (Å²) < 4.78 is 0. The molecule has 0 saturated carbocycles. The summed E-state index contributed by atoms with van der Waals surface area (Å²) in [5.74, 6) is -1.62. The number of amides is 3. The molecule has 1 atom stereocenters. The van der Waals surface area contributed by atoms with Gasteiger partial charge in [0.05, 0.1) is 0 Å². The first-order valence-corrected chi connectivity index (χ1v) is 8.86. The highest BCUT2D eigenvalue weighted by atomic mass is 16.4. The highest BCUT2D eigenvalue weighted by Gasteiger charge is 2.27. The van der Waals surface area contributed by atoms with Crippen molar-refractivity contribution in [1.29, 1.82) is 0 Å². The summed E-state index contributed by atoms with van der Waals surface area (Å²) >= 11 is 0. The van der Waals surface area contributed by atoms with Crippen LogP contribution in [-0.2, 0) is 25.6 Å². The Morgan fingerprint density at radius 1 is 1.04 bits per heavy atom. The van der Waals surface area contributed by atoms with Crippen LogP contribution in [0.3, 0.4) is 0 Å². The second-order valence-electron chi connectivity index (χ2n) is 6.40. The summed E-state index contributed by atoms with van der Waals surface area (Å²) in [7, 11) is 0. The number of carboxylic acid groups (broad SMARTS) is 1. The van der Waals surface area contributed by atoms with Gasteiger partial charge in [0.15, 0.2) is 0 Å². The Hall–Kier alpha value is -2.70. The van der Waals surface area contributed by atoms with Crippen molar-refractivity contribution in [1.82, 2.24) is 10.2 Å². The van der Waals surface area contributed by atoms with Crippen molar-refractivity contribution in [2.45, 2.75) is 51.0 Å². The number of hydrogen-bond acceptors (Lipinski definition) is 4. The fourth-order valence-corrected chi connectivity index (χ4v) is 2.92. The van der Waals surface area contributed by atoms with Crippen LogP contribution in [-0.4, -0.2) is 46.3 Å². The number of hydrogen-bond donors (Lipinski definition) is 2. The van der Waals surface area contributed by atoms with Gasteiger partial charge in [-0.05, 0) is 18.4 Å². The highest BCUT2D eigenvalue weighted by Crippen LogP contribution is 2.13. The summed E-state index contributed by atoms with van der Waals surface area (Å²) in [5.41, 5.74) is 0.847. The van der Waals surface area contributed by atoms with E-state index < -0.39 is 12.0 Å². The average molecular weight is 360 g/mol. The lowest BCUT2D eigenvalue weighted by Gasteiger charge is -2.15. The highest BCUT2D eigenvalue weighted by molar-refractivity contribution is 6.01. The molecule has 0 bridgehead atoms. The lowest BCUT2D eigenvalue weighted by Crippen LogP contribution is -2.42. The molecule has 2 rings (SSSR count). The first-order valence-electron chi connectivity index (χ1n) is 8.86. The minimum atomic E-state index is -1.06. The summed E-state index contributed by atoms with van der Waals surface area (Å²) in [4.78, 5) is 47.6. The van der Waals surface area contributed by atoms with Crippen molar-refractivity contribution >= 4 is 23.7 Å². The number of likely N-dealkylation sites (tertiary alicyclic amines) is 1. The summed E-state index contributed by atoms with van der Waals surface area (Å²) in [6.45, 7) is 0.394. The first-order chi connectivity index (χ1) is 12.5. The minimum absolute atomic E-state index is 0.127. The Kier molecular flexibility index (Phi) is 7.32. The molecule has 0 radical (unpaired) electrons. The topological polar surface area (TPSA) is 104 Å². The van der Waals surface area contributed by atoms with Crippen LogP contribution in [0.5, 0.6) is 0 Å². The number of carbonyl (C=O) groups excluding carboxylic acids is 3. The molecule has 1 aliphatic heterocycles. The predicted molar refractivity (Wildman–Crippen MR) is 94.1 cm³/mol. The molecule has 140 valence electrons. The van der Waals surface area contributed by atoms with E-state index in [4.69, 9.17) is 0 Å². The van der Waals surface area contributed by atoms with Gasteiger partial charge >= 0.3 is 5.97 Å². The first kappa shape index (κ1) is 19.6. The molecule has 1 aromatic rings. The van der Waals surface area contributed by atoms with Crippen LogP contribution in [0.4, 0.5) is 0 Å².